The Morgan fingerprint density at radius 1 is 1.18 bits per heavy atom. The molecule has 0 heterocycles. The monoisotopic (exact) mass is 161 g/mol. The average Bonchev–Trinajstić information content (AvgIpc) is 2.01. The van der Waals surface area contributed by atoms with E-state index in [2.05, 4.69) is 0 Å². The van der Waals surface area contributed by atoms with E-state index in [1.165, 1.54) is 6.42 Å². The third kappa shape index (κ3) is 1.70. The summed E-state index contributed by atoms with van der Waals surface area (Å²) < 4.78 is 0. The summed E-state index contributed by atoms with van der Waals surface area (Å²) in [6.45, 7) is -0.165. The molecule has 0 amide bonds. The lowest BCUT2D eigenvalue weighted by molar-refractivity contribution is -0.0985. The molecule has 0 aliphatic heterocycles. The molecule has 1 aliphatic carbocycles. The van der Waals surface area contributed by atoms with E-state index in [9.17, 15) is 5.11 Å². The van der Waals surface area contributed by atoms with Crippen molar-refractivity contribution in [2.75, 3.05) is 6.61 Å². The second kappa shape index (κ2) is 3.49. The zero-order chi connectivity index (χ0) is 8.43. The lowest BCUT2D eigenvalue weighted by Gasteiger charge is -2.33. The molecule has 0 aromatic rings. The Hall–Kier alpha value is -0.160. The summed E-state index contributed by atoms with van der Waals surface area (Å²) >= 11 is 0. The van der Waals surface area contributed by atoms with Crippen LogP contribution in [0.5, 0.6) is 0 Å². The van der Waals surface area contributed by atoms with Gasteiger partial charge < -0.3 is 20.4 Å². The predicted octanol–water partition coefficient (Wildman–Crippen LogP) is -1.71. The van der Waals surface area contributed by atoms with E-state index in [0.717, 1.165) is 0 Å². The van der Waals surface area contributed by atoms with Gasteiger partial charge in [0, 0.05) is 12.5 Å². The van der Waals surface area contributed by atoms with Gasteiger partial charge in [0.2, 0.25) is 0 Å². The van der Waals surface area contributed by atoms with Crippen molar-refractivity contribution in [1.82, 2.24) is 0 Å². The molecular formula is C7H13O4. The highest BCUT2D eigenvalue weighted by molar-refractivity contribution is 4.96. The zero-order valence-electron chi connectivity index (χ0n) is 6.09. The molecule has 1 rings (SSSR count). The van der Waals surface area contributed by atoms with Crippen LogP contribution in [-0.2, 0) is 0 Å². The summed E-state index contributed by atoms with van der Waals surface area (Å²) in [5.74, 6) is -0.339. The van der Waals surface area contributed by atoms with E-state index in [-0.39, 0.29) is 12.5 Å². The number of hydrogen-bond acceptors (Lipinski definition) is 4. The smallest absolute Gasteiger partial charge is 0.106 e. The molecule has 1 radical (unpaired) electrons. The van der Waals surface area contributed by atoms with Gasteiger partial charge in [0.15, 0.2) is 0 Å². The molecule has 4 N–H and O–H groups in total. The molecule has 0 aromatic carbocycles. The molecule has 11 heavy (non-hydrogen) atoms. The first kappa shape index (κ1) is 8.93. The number of aliphatic hydroxyl groups excluding tert-OH is 4. The highest BCUT2D eigenvalue weighted by atomic mass is 16.4. The van der Waals surface area contributed by atoms with E-state index >= 15 is 0 Å². The normalized spacial score (nSPS) is 45.8. The number of aliphatic hydroxyl groups is 4. The van der Waals surface area contributed by atoms with Crippen molar-refractivity contribution in [1.29, 1.82) is 0 Å². The first-order chi connectivity index (χ1) is 5.16. The molecule has 0 saturated heterocycles. The molecule has 4 atom stereocenters. The van der Waals surface area contributed by atoms with Crippen LogP contribution in [-0.4, -0.2) is 45.3 Å². The minimum absolute atomic E-state index is 0.165. The van der Waals surface area contributed by atoms with Gasteiger partial charge in [-0.1, -0.05) is 0 Å². The van der Waals surface area contributed by atoms with E-state index in [1.807, 2.05) is 0 Å². The fraction of sp³-hybridized carbons (Fsp3) is 0.857. The largest absolute Gasteiger partial charge is 0.396 e. The van der Waals surface area contributed by atoms with Crippen LogP contribution >= 0.6 is 0 Å². The van der Waals surface area contributed by atoms with Gasteiger partial charge in [-0.25, -0.2) is 0 Å². The average molecular weight is 161 g/mol. The van der Waals surface area contributed by atoms with Gasteiger partial charge >= 0.3 is 0 Å². The maximum Gasteiger partial charge on any atom is 0.106 e. The molecule has 1 saturated carbocycles. The second-order valence-electron chi connectivity index (χ2n) is 2.89. The molecule has 4 heteroatoms. The molecule has 4 unspecified atom stereocenters. The van der Waals surface area contributed by atoms with E-state index in [4.69, 9.17) is 15.3 Å². The molecule has 0 spiro atoms. The second-order valence-corrected chi connectivity index (χ2v) is 2.89. The zero-order valence-corrected chi connectivity index (χ0v) is 6.09. The van der Waals surface area contributed by atoms with Crippen molar-refractivity contribution in [3.05, 3.63) is 6.42 Å². The number of rotatable bonds is 1. The van der Waals surface area contributed by atoms with Gasteiger partial charge in [0.05, 0.1) is 12.2 Å². The van der Waals surface area contributed by atoms with Crippen LogP contribution in [0.3, 0.4) is 0 Å². The Kier molecular flexibility index (Phi) is 2.84. The predicted molar refractivity (Wildman–Crippen MR) is 37.5 cm³/mol. The minimum atomic E-state index is -1.15. The summed E-state index contributed by atoms with van der Waals surface area (Å²) in [6.07, 6.45) is -1.19. The van der Waals surface area contributed by atoms with Gasteiger partial charge in [-0.05, 0) is 12.8 Å². The fourth-order valence-electron chi connectivity index (χ4n) is 1.26. The maximum absolute atomic E-state index is 9.22. The molecule has 0 bridgehead atoms. The van der Waals surface area contributed by atoms with Crippen LogP contribution in [0.25, 0.3) is 0 Å². The summed E-state index contributed by atoms with van der Waals surface area (Å²) in [5.41, 5.74) is 0. The van der Waals surface area contributed by atoms with Crippen LogP contribution in [0.4, 0.5) is 0 Å². The lowest BCUT2D eigenvalue weighted by atomic mass is 9.83. The summed E-state index contributed by atoms with van der Waals surface area (Å²) in [4.78, 5) is 0. The van der Waals surface area contributed by atoms with E-state index in [0.29, 0.717) is 6.42 Å². The van der Waals surface area contributed by atoms with Gasteiger partial charge in [-0.15, -0.1) is 0 Å². The van der Waals surface area contributed by atoms with Crippen molar-refractivity contribution in [2.24, 2.45) is 5.92 Å². The Morgan fingerprint density at radius 3 is 2.36 bits per heavy atom. The van der Waals surface area contributed by atoms with Crippen molar-refractivity contribution in [2.45, 2.75) is 24.7 Å². The molecular weight excluding hydrogens is 148 g/mol. The van der Waals surface area contributed by atoms with Crippen LogP contribution in [0, 0.1) is 12.3 Å². The Balaban J connectivity index is 2.52. The first-order valence-electron chi connectivity index (χ1n) is 3.65. The molecule has 65 valence electrons. The standard InChI is InChI=1S/C7H13O4/c8-3-4-1-2-5(9)7(11)6(4)10/h2,4-11H,1,3H2. The van der Waals surface area contributed by atoms with Gasteiger partial charge in [0.1, 0.15) is 6.10 Å². The third-order valence-corrected chi connectivity index (χ3v) is 2.10. The van der Waals surface area contributed by atoms with Crippen LogP contribution < -0.4 is 0 Å². The Labute approximate surface area is 65.1 Å². The van der Waals surface area contributed by atoms with Gasteiger partial charge in [-0.2, -0.15) is 0 Å². The van der Waals surface area contributed by atoms with Crippen molar-refractivity contribution < 1.29 is 20.4 Å². The van der Waals surface area contributed by atoms with Crippen LogP contribution in [0.2, 0.25) is 0 Å². The number of hydrogen-bond donors (Lipinski definition) is 4. The highest BCUT2D eigenvalue weighted by Gasteiger charge is 2.35. The highest BCUT2D eigenvalue weighted by Crippen LogP contribution is 2.23. The summed E-state index contributed by atoms with van der Waals surface area (Å²) in [7, 11) is 0. The Morgan fingerprint density at radius 2 is 1.82 bits per heavy atom. The fourth-order valence-corrected chi connectivity index (χ4v) is 1.26. The SMILES string of the molecule is OCC1C[CH]C(O)C(O)C1O. The minimum Gasteiger partial charge on any atom is -0.396 e. The first-order valence-corrected chi connectivity index (χ1v) is 3.65. The molecule has 1 fully saturated rings. The van der Waals surface area contributed by atoms with Crippen LogP contribution in [0.1, 0.15) is 6.42 Å². The van der Waals surface area contributed by atoms with Crippen molar-refractivity contribution >= 4 is 0 Å². The molecule has 4 nitrogen and oxygen atoms in total. The maximum atomic E-state index is 9.22. The van der Waals surface area contributed by atoms with E-state index < -0.39 is 18.3 Å². The molecule has 1 aliphatic rings. The van der Waals surface area contributed by atoms with Crippen LogP contribution in [0.15, 0.2) is 0 Å². The summed E-state index contributed by atoms with van der Waals surface area (Å²) in [5, 5.41) is 36.0. The van der Waals surface area contributed by atoms with Crippen molar-refractivity contribution in [3.8, 4) is 0 Å². The Bertz CT molecular complexity index is 126. The van der Waals surface area contributed by atoms with Gasteiger partial charge in [0.25, 0.3) is 0 Å². The van der Waals surface area contributed by atoms with Gasteiger partial charge in [-0.3, -0.25) is 0 Å². The molecule has 0 aromatic heterocycles. The van der Waals surface area contributed by atoms with Crippen molar-refractivity contribution in [3.63, 3.8) is 0 Å². The third-order valence-electron chi connectivity index (χ3n) is 2.10. The van der Waals surface area contributed by atoms with E-state index in [1.54, 1.807) is 0 Å². The summed E-state index contributed by atoms with van der Waals surface area (Å²) in [6, 6.07) is 0. The topological polar surface area (TPSA) is 80.9 Å². The lowest BCUT2D eigenvalue weighted by Crippen LogP contribution is -2.47. The quantitative estimate of drug-likeness (QED) is 0.369.